The van der Waals surface area contributed by atoms with Crippen LogP contribution >= 0.6 is 11.3 Å². The van der Waals surface area contributed by atoms with Crippen molar-refractivity contribution in [1.82, 2.24) is 4.98 Å². The lowest BCUT2D eigenvalue weighted by atomic mass is 10.3. The molecule has 0 unspecified atom stereocenters. The predicted molar refractivity (Wildman–Crippen MR) is 91.0 cm³/mol. The van der Waals surface area contributed by atoms with Gasteiger partial charge in [0, 0.05) is 5.38 Å². The molecule has 0 saturated heterocycles. The standard InChI is InChI=1S/C17H13F3N2O4S/c1-10-9-27-16(21-10)22-15(23)14-7-6-11(25-14)8-24-12-4-2-3-5-13(12)26-17(18,19)20/h2-7,9H,8H2,1H3,(H,21,22,23). The highest BCUT2D eigenvalue weighted by Crippen LogP contribution is 2.32. The Morgan fingerprint density at radius 1 is 1.22 bits per heavy atom. The summed E-state index contributed by atoms with van der Waals surface area (Å²) in [5.74, 6) is -0.765. The second-order valence-corrected chi connectivity index (χ2v) is 6.16. The Balaban J connectivity index is 1.62. The lowest BCUT2D eigenvalue weighted by Gasteiger charge is -2.13. The van der Waals surface area contributed by atoms with Gasteiger partial charge < -0.3 is 13.9 Å². The van der Waals surface area contributed by atoms with Gasteiger partial charge in [0.05, 0.1) is 5.69 Å². The third-order valence-corrected chi connectivity index (χ3v) is 4.05. The van der Waals surface area contributed by atoms with Crippen LogP contribution in [0.15, 0.2) is 46.2 Å². The fraction of sp³-hybridized carbons (Fsp3) is 0.176. The van der Waals surface area contributed by atoms with Crippen LogP contribution in [0.25, 0.3) is 0 Å². The van der Waals surface area contributed by atoms with Gasteiger partial charge in [0.1, 0.15) is 12.4 Å². The van der Waals surface area contributed by atoms with Gasteiger partial charge in [-0.15, -0.1) is 24.5 Å². The van der Waals surface area contributed by atoms with Gasteiger partial charge >= 0.3 is 6.36 Å². The summed E-state index contributed by atoms with van der Waals surface area (Å²) in [6.45, 7) is 1.62. The Labute approximate surface area is 155 Å². The van der Waals surface area contributed by atoms with Gasteiger partial charge in [0.25, 0.3) is 5.91 Å². The highest BCUT2D eigenvalue weighted by molar-refractivity contribution is 7.13. The van der Waals surface area contributed by atoms with Crippen molar-refractivity contribution < 1.29 is 31.9 Å². The normalized spacial score (nSPS) is 11.3. The molecule has 0 bridgehead atoms. The maximum atomic E-state index is 12.4. The fourth-order valence-corrected chi connectivity index (χ4v) is 2.76. The number of benzene rings is 1. The molecule has 0 radical (unpaired) electrons. The number of anilines is 1. The highest BCUT2D eigenvalue weighted by Gasteiger charge is 2.32. The number of para-hydroxylation sites is 2. The van der Waals surface area contributed by atoms with E-state index >= 15 is 0 Å². The molecule has 2 heterocycles. The summed E-state index contributed by atoms with van der Waals surface area (Å²) in [6, 6.07) is 8.31. The number of carbonyl (C=O) groups excluding carboxylic acids is 1. The molecule has 1 N–H and O–H groups in total. The van der Waals surface area contributed by atoms with E-state index in [4.69, 9.17) is 9.15 Å². The van der Waals surface area contributed by atoms with Crippen molar-refractivity contribution in [2.24, 2.45) is 0 Å². The monoisotopic (exact) mass is 398 g/mol. The van der Waals surface area contributed by atoms with Crippen molar-refractivity contribution in [2.45, 2.75) is 19.9 Å². The smallest absolute Gasteiger partial charge is 0.482 e. The van der Waals surface area contributed by atoms with Crippen LogP contribution < -0.4 is 14.8 Å². The van der Waals surface area contributed by atoms with E-state index in [0.717, 1.165) is 11.8 Å². The molecule has 6 nitrogen and oxygen atoms in total. The molecule has 0 atom stereocenters. The third-order valence-electron chi connectivity index (χ3n) is 3.17. The average molecular weight is 398 g/mol. The Hall–Kier alpha value is -3.01. The number of alkyl halides is 3. The van der Waals surface area contributed by atoms with E-state index in [1.165, 1.54) is 41.7 Å². The second-order valence-electron chi connectivity index (χ2n) is 5.30. The zero-order valence-electron chi connectivity index (χ0n) is 13.9. The lowest BCUT2D eigenvalue weighted by Crippen LogP contribution is -2.17. The van der Waals surface area contributed by atoms with E-state index in [1.807, 2.05) is 0 Å². The van der Waals surface area contributed by atoms with Gasteiger partial charge in [-0.1, -0.05) is 12.1 Å². The number of aryl methyl sites for hydroxylation is 1. The Morgan fingerprint density at radius 2 is 1.96 bits per heavy atom. The molecule has 3 aromatic rings. The average Bonchev–Trinajstić information content (AvgIpc) is 3.22. The summed E-state index contributed by atoms with van der Waals surface area (Å²) in [7, 11) is 0. The molecule has 0 spiro atoms. The number of aromatic nitrogens is 1. The Bertz CT molecular complexity index is 936. The lowest BCUT2D eigenvalue weighted by molar-refractivity contribution is -0.275. The van der Waals surface area contributed by atoms with E-state index in [1.54, 1.807) is 12.3 Å². The van der Waals surface area contributed by atoms with Crippen LogP contribution in [0.4, 0.5) is 18.3 Å². The number of halogens is 3. The summed E-state index contributed by atoms with van der Waals surface area (Å²) >= 11 is 1.28. The summed E-state index contributed by atoms with van der Waals surface area (Å²) < 4.78 is 51.8. The number of furan rings is 1. The first-order chi connectivity index (χ1) is 12.8. The minimum Gasteiger partial charge on any atom is -0.482 e. The summed E-state index contributed by atoms with van der Waals surface area (Å²) in [4.78, 5) is 16.2. The van der Waals surface area contributed by atoms with Crippen LogP contribution in [-0.4, -0.2) is 17.3 Å². The van der Waals surface area contributed by atoms with Gasteiger partial charge in [0.2, 0.25) is 0 Å². The van der Waals surface area contributed by atoms with Crippen LogP contribution in [0.5, 0.6) is 11.5 Å². The topological polar surface area (TPSA) is 73.6 Å². The van der Waals surface area contributed by atoms with Gasteiger partial charge in [-0.2, -0.15) is 0 Å². The SMILES string of the molecule is Cc1csc(NC(=O)c2ccc(COc3ccccc3OC(F)(F)F)o2)n1. The van der Waals surface area contributed by atoms with E-state index in [2.05, 4.69) is 15.0 Å². The number of hydrogen-bond donors (Lipinski definition) is 1. The third kappa shape index (κ3) is 5.23. The molecule has 10 heteroatoms. The van der Waals surface area contributed by atoms with Crippen LogP contribution in [-0.2, 0) is 6.61 Å². The minimum atomic E-state index is -4.83. The van der Waals surface area contributed by atoms with Crippen LogP contribution in [0, 0.1) is 6.92 Å². The molecule has 3 rings (SSSR count). The van der Waals surface area contributed by atoms with E-state index in [-0.39, 0.29) is 23.9 Å². The second kappa shape index (κ2) is 7.70. The van der Waals surface area contributed by atoms with Gasteiger partial charge in [-0.05, 0) is 31.2 Å². The Kier molecular flexibility index (Phi) is 5.36. The predicted octanol–water partition coefficient (Wildman–Crippen LogP) is 4.77. The summed E-state index contributed by atoms with van der Waals surface area (Å²) in [5, 5.41) is 4.81. The molecule has 0 fully saturated rings. The van der Waals surface area contributed by atoms with Crippen LogP contribution in [0.3, 0.4) is 0 Å². The van der Waals surface area contributed by atoms with Crippen molar-refractivity contribution in [3.05, 3.63) is 59.0 Å². The number of rotatable bonds is 6. The van der Waals surface area contributed by atoms with Crippen LogP contribution in [0.2, 0.25) is 0 Å². The van der Waals surface area contributed by atoms with Crippen molar-refractivity contribution >= 4 is 22.4 Å². The minimum absolute atomic E-state index is 0.0290. The zero-order chi connectivity index (χ0) is 19.4. The van der Waals surface area contributed by atoms with Crippen molar-refractivity contribution in [3.63, 3.8) is 0 Å². The molecule has 0 aliphatic rings. The van der Waals surface area contributed by atoms with Crippen LogP contribution in [0.1, 0.15) is 22.0 Å². The van der Waals surface area contributed by atoms with Gasteiger partial charge in [0.15, 0.2) is 22.4 Å². The molecule has 0 saturated carbocycles. The first kappa shape index (κ1) is 18.8. The van der Waals surface area contributed by atoms with Crippen molar-refractivity contribution in [2.75, 3.05) is 5.32 Å². The maximum Gasteiger partial charge on any atom is 0.573 e. The molecular formula is C17H13F3N2O4S. The highest BCUT2D eigenvalue weighted by atomic mass is 32.1. The fourth-order valence-electron chi connectivity index (χ4n) is 2.07. The number of nitrogens with zero attached hydrogens (tertiary/aromatic N) is 1. The Morgan fingerprint density at radius 3 is 2.63 bits per heavy atom. The molecule has 2 aromatic heterocycles. The number of hydrogen-bond acceptors (Lipinski definition) is 6. The van der Waals surface area contributed by atoms with Crippen molar-refractivity contribution in [1.29, 1.82) is 0 Å². The number of thiazole rings is 1. The van der Waals surface area contributed by atoms with E-state index in [0.29, 0.717) is 5.13 Å². The molecule has 0 aliphatic heterocycles. The molecule has 0 aliphatic carbocycles. The summed E-state index contributed by atoms with van der Waals surface area (Å²) in [6.07, 6.45) is -4.83. The molecule has 27 heavy (non-hydrogen) atoms. The van der Waals surface area contributed by atoms with Gasteiger partial charge in [-0.3, -0.25) is 10.1 Å². The number of ether oxygens (including phenoxy) is 2. The van der Waals surface area contributed by atoms with E-state index < -0.39 is 18.0 Å². The van der Waals surface area contributed by atoms with Crippen molar-refractivity contribution in [3.8, 4) is 11.5 Å². The van der Waals surface area contributed by atoms with Gasteiger partial charge in [-0.25, -0.2) is 4.98 Å². The zero-order valence-corrected chi connectivity index (χ0v) is 14.7. The first-order valence-corrected chi connectivity index (χ1v) is 8.48. The molecule has 1 amide bonds. The summed E-state index contributed by atoms with van der Waals surface area (Å²) in [5.41, 5.74) is 0.781. The molecule has 142 valence electrons. The number of amides is 1. The largest absolute Gasteiger partial charge is 0.573 e. The number of nitrogens with one attached hydrogen (secondary N) is 1. The quantitative estimate of drug-likeness (QED) is 0.647. The maximum absolute atomic E-state index is 12.4. The molecular weight excluding hydrogens is 385 g/mol. The first-order valence-electron chi connectivity index (χ1n) is 7.60. The molecule has 1 aromatic carbocycles. The number of carbonyl (C=O) groups is 1. The van der Waals surface area contributed by atoms with E-state index in [9.17, 15) is 18.0 Å².